The van der Waals surface area contributed by atoms with Crippen molar-refractivity contribution >= 4 is 5.91 Å². The standard InChI is InChI=1S/C20H14F4N4O/c1-2-18(29)26-9-13-8-25-17(12-3-5-15(21)6-4-12)7-16(13)19-27-10-14(11-28-19)20(22,23)24/h2-8,10-11H,1,9H2,(H,26,29). The molecule has 0 spiro atoms. The lowest BCUT2D eigenvalue weighted by Crippen LogP contribution is -2.20. The van der Waals surface area contributed by atoms with E-state index in [2.05, 4.69) is 26.8 Å². The van der Waals surface area contributed by atoms with Crippen molar-refractivity contribution in [2.24, 2.45) is 0 Å². The fourth-order valence-corrected chi connectivity index (χ4v) is 2.48. The van der Waals surface area contributed by atoms with Gasteiger partial charge in [-0.1, -0.05) is 6.58 Å². The number of carbonyl (C=O) groups is 1. The number of hydrogen-bond acceptors (Lipinski definition) is 4. The Labute approximate surface area is 163 Å². The lowest BCUT2D eigenvalue weighted by molar-refractivity contribution is -0.138. The van der Waals surface area contributed by atoms with Gasteiger partial charge in [0.2, 0.25) is 5.91 Å². The Morgan fingerprint density at radius 1 is 1.07 bits per heavy atom. The van der Waals surface area contributed by atoms with Crippen LogP contribution in [0.15, 0.2) is 61.6 Å². The third kappa shape index (κ3) is 4.81. The molecule has 9 heteroatoms. The van der Waals surface area contributed by atoms with Gasteiger partial charge in [0.05, 0.1) is 11.3 Å². The van der Waals surface area contributed by atoms with Crippen LogP contribution in [0.3, 0.4) is 0 Å². The summed E-state index contributed by atoms with van der Waals surface area (Å²) in [6.07, 6.45) is -0.636. The van der Waals surface area contributed by atoms with Crippen LogP contribution in [-0.4, -0.2) is 20.9 Å². The number of hydrogen-bond donors (Lipinski definition) is 1. The number of halogens is 4. The molecule has 3 aromatic rings. The van der Waals surface area contributed by atoms with E-state index in [1.165, 1.54) is 30.5 Å². The summed E-state index contributed by atoms with van der Waals surface area (Å²) in [4.78, 5) is 23.4. The van der Waals surface area contributed by atoms with E-state index in [-0.39, 0.29) is 12.4 Å². The van der Waals surface area contributed by atoms with Crippen LogP contribution in [0.1, 0.15) is 11.1 Å². The highest BCUT2D eigenvalue weighted by Crippen LogP contribution is 2.30. The summed E-state index contributed by atoms with van der Waals surface area (Å²) in [7, 11) is 0. The summed E-state index contributed by atoms with van der Waals surface area (Å²) < 4.78 is 51.5. The average molecular weight is 402 g/mol. The fourth-order valence-electron chi connectivity index (χ4n) is 2.48. The van der Waals surface area contributed by atoms with Crippen molar-refractivity contribution in [3.63, 3.8) is 0 Å². The van der Waals surface area contributed by atoms with E-state index in [0.29, 0.717) is 34.8 Å². The zero-order valence-electron chi connectivity index (χ0n) is 14.9. The molecule has 2 heterocycles. The summed E-state index contributed by atoms with van der Waals surface area (Å²) in [5, 5.41) is 2.58. The third-order valence-corrected chi connectivity index (χ3v) is 3.99. The number of carbonyl (C=O) groups excluding carboxylic acids is 1. The average Bonchev–Trinajstić information content (AvgIpc) is 2.72. The van der Waals surface area contributed by atoms with Crippen LogP contribution in [0.5, 0.6) is 0 Å². The van der Waals surface area contributed by atoms with E-state index in [1.807, 2.05) is 0 Å². The van der Waals surface area contributed by atoms with Crippen LogP contribution in [0.2, 0.25) is 0 Å². The van der Waals surface area contributed by atoms with Crippen LogP contribution >= 0.6 is 0 Å². The maximum absolute atomic E-state index is 13.2. The molecular formula is C20H14F4N4O. The first-order valence-electron chi connectivity index (χ1n) is 8.32. The topological polar surface area (TPSA) is 67.8 Å². The minimum Gasteiger partial charge on any atom is -0.348 e. The molecule has 0 bridgehead atoms. The lowest BCUT2D eigenvalue weighted by Gasteiger charge is -2.12. The molecule has 5 nitrogen and oxygen atoms in total. The number of aromatic nitrogens is 3. The van der Waals surface area contributed by atoms with Crippen LogP contribution in [-0.2, 0) is 17.5 Å². The number of nitrogens with zero attached hydrogens (tertiary/aromatic N) is 3. The zero-order valence-corrected chi connectivity index (χ0v) is 14.9. The molecule has 3 rings (SSSR count). The van der Waals surface area contributed by atoms with E-state index < -0.39 is 23.5 Å². The van der Waals surface area contributed by atoms with Crippen molar-refractivity contribution in [3.05, 3.63) is 78.5 Å². The molecule has 1 N–H and O–H groups in total. The van der Waals surface area contributed by atoms with Gasteiger partial charge in [0, 0.05) is 41.8 Å². The Hall–Kier alpha value is -3.62. The van der Waals surface area contributed by atoms with Crippen LogP contribution in [0, 0.1) is 5.82 Å². The number of alkyl halides is 3. The van der Waals surface area contributed by atoms with Crippen molar-refractivity contribution < 1.29 is 22.4 Å². The largest absolute Gasteiger partial charge is 0.419 e. The molecule has 2 aromatic heterocycles. The summed E-state index contributed by atoms with van der Waals surface area (Å²) in [5.74, 6) is -0.803. The van der Waals surface area contributed by atoms with E-state index in [1.54, 1.807) is 6.07 Å². The molecule has 0 aliphatic carbocycles. The molecule has 0 radical (unpaired) electrons. The normalized spacial score (nSPS) is 11.2. The van der Waals surface area contributed by atoms with Gasteiger partial charge in [-0.3, -0.25) is 9.78 Å². The molecule has 29 heavy (non-hydrogen) atoms. The van der Waals surface area contributed by atoms with Gasteiger partial charge in [-0.05, 0) is 36.4 Å². The van der Waals surface area contributed by atoms with Gasteiger partial charge in [-0.25, -0.2) is 14.4 Å². The second-order valence-corrected chi connectivity index (χ2v) is 5.95. The van der Waals surface area contributed by atoms with Crippen LogP contribution in [0.25, 0.3) is 22.6 Å². The minimum atomic E-state index is -4.56. The number of pyridine rings is 1. The van der Waals surface area contributed by atoms with Crippen LogP contribution in [0.4, 0.5) is 17.6 Å². The van der Waals surface area contributed by atoms with Crippen molar-refractivity contribution in [3.8, 4) is 22.6 Å². The molecule has 0 atom stereocenters. The monoisotopic (exact) mass is 402 g/mol. The number of amides is 1. The number of rotatable bonds is 5. The number of benzene rings is 1. The quantitative estimate of drug-likeness (QED) is 0.514. The first-order valence-corrected chi connectivity index (χ1v) is 8.32. The summed E-state index contributed by atoms with van der Waals surface area (Å²) in [5.41, 5.74) is 0.947. The minimum absolute atomic E-state index is 0.0339. The van der Waals surface area contributed by atoms with E-state index >= 15 is 0 Å². The third-order valence-electron chi connectivity index (χ3n) is 3.99. The van der Waals surface area contributed by atoms with Gasteiger partial charge in [0.1, 0.15) is 5.82 Å². The molecule has 0 saturated heterocycles. The smallest absolute Gasteiger partial charge is 0.348 e. The van der Waals surface area contributed by atoms with E-state index in [9.17, 15) is 22.4 Å². The molecule has 1 aromatic carbocycles. The zero-order chi connectivity index (χ0) is 21.0. The SMILES string of the molecule is C=CC(=O)NCc1cnc(-c2ccc(F)cc2)cc1-c1ncc(C(F)(F)F)cn1. The summed E-state index contributed by atoms with van der Waals surface area (Å²) >= 11 is 0. The van der Waals surface area contributed by atoms with Gasteiger partial charge in [-0.15, -0.1) is 0 Å². The second kappa shape index (κ2) is 8.17. The Morgan fingerprint density at radius 2 is 1.72 bits per heavy atom. The maximum atomic E-state index is 13.2. The van der Waals surface area contributed by atoms with Crippen molar-refractivity contribution in [1.29, 1.82) is 0 Å². The lowest BCUT2D eigenvalue weighted by atomic mass is 10.0. The highest BCUT2D eigenvalue weighted by atomic mass is 19.4. The first kappa shape index (κ1) is 20.1. The molecule has 0 saturated carbocycles. The predicted molar refractivity (Wildman–Crippen MR) is 97.7 cm³/mol. The molecule has 0 aliphatic rings. The Bertz CT molecular complexity index is 1030. The van der Waals surface area contributed by atoms with E-state index in [4.69, 9.17) is 0 Å². The molecule has 148 valence electrons. The highest BCUT2D eigenvalue weighted by Gasteiger charge is 2.31. The molecular weight excluding hydrogens is 388 g/mol. The van der Waals surface area contributed by atoms with Crippen molar-refractivity contribution in [2.45, 2.75) is 12.7 Å². The van der Waals surface area contributed by atoms with Crippen molar-refractivity contribution in [2.75, 3.05) is 0 Å². The summed E-state index contributed by atoms with van der Waals surface area (Å²) in [6.45, 7) is 3.40. The van der Waals surface area contributed by atoms with E-state index in [0.717, 1.165) is 6.08 Å². The summed E-state index contributed by atoms with van der Waals surface area (Å²) in [6, 6.07) is 7.15. The van der Waals surface area contributed by atoms with Gasteiger partial charge in [-0.2, -0.15) is 13.2 Å². The van der Waals surface area contributed by atoms with Crippen LogP contribution < -0.4 is 5.32 Å². The van der Waals surface area contributed by atoms with Gasteiger partial charge < -0.3 is 5.32 Å². The Kier molecular flexibility index (Phi) is 5.67. The second-order valence-electron chi connectivity index (χ2n) is 5.95. The predicted octanol–water partition coefficient (Wildman–Crippen LogP) is 4.17. The van der Waals surface area contributed by atoms with Gasteiger partial charge in [0.15, 0.2) is 5.82 Å². The molecule has 0 unspecified atom stereocenters. The van der Waals surface area contributed by atoms with Gasteiger partial charge in [0.25, 0.3) is 0 Å². The molecule has 1 amide bonds. The first-order chi connectivity index (χ1) is 13.8. The molecule has 0 aliphatic heterocycles. The van der Waals surface area contributed by atoms with Crippen molar-refractivity contribution in [1.82, 2.24) is 20.3 Å². The fraction of sp³-hybridized carbons (Fsp3) is 0.100. The molecule has 0 fully saturated rings. The Balaban J connectivity index is 2.04. The number of nitrogens with one attached hydrogen (secondary N) is 1. The maximum Gasteiger partial charge on any atom is 0.419 e. The highest BCUT2D eigenvalue weighted by molar-refractivity contribution is 5.87. The Morgan fingerprint density at radius 3 is 2.31 bits per heavy atom. The van der Waals surface area contributed by atoms with Gasteiger partial charge >= 0.3 is 6.18 Å².